The Kier molecular flexibility index (Phi) is 6.95. The van der Waals surface area contributed by atoms with Gasteiger partial charge in [0.25, 0.3) is 11.8 Å². The minimum atomic E-state index is -0.831. The molecule has 1 aliphatic rings. The molecule has 0 aliphatic carbocycles. The number of ether oxygens (including phenoxy) is 3. The molecule has 1 N–H and O–H groups in total. The molecule has 0 spiro atoms. The quantitative estimate of drug-likeness (QED) is 0.245. The van der Waals surface area contributed by atoms with Gasteiger partial charge >= 0.3 is 12.0 Å². The number of methoxy groups -OCH3 is 2. The monoisotopic (exact) mass is 540 g/mol. The van der Waals surface area contributed by atoms with Crippen LogP contribution in [0.15, 0.2) is 40.5 Å². The van der Waals surface area contributed by atoms with Crippen molar-refractivity contribution in [1.82, 2.24) is 10.2 Å². The Labute approximate surface area is 190 Å². The van der Waals surface area contributed by atoms with E-state index in [1.807, 2.05) is 22.6 Å². The average Bonchev–Trinajstić information content (AvgIpc) is 3.26. The van der Waals surface area contributed by atoms with Gasteiger partial charge in [-0.15, -0.1) is 0 Å². The van der Waals surface area contributed by atoms with Crippen molar-refractivity contribution in [1.29, 1.82) is 0 Å². The predicted octanol–water partition coefficient (Wildman–Crippen LogP) is 2.11. The van der Waals surface area contributed by atoms with Crippen LogP contribution >= 0.6 is 22.6 Å². The van der Waals surface area contributed by atoms with Crippen LogP contribution in [0.1, 0.15) is 11.3 Å². The molecule has 0 atom stereocenters. The second kappa shape index (κ2) is 9.64. The zero-order valence-corrected chi connectivity index (χ0v) is 18.6. The number of barbiturate groups is 1. The highest BCUT2D eigenvalue weighted by molar-refractivity contribution is 14.1. The minimum Gasteiger partial charge on any atom is -0.493 e. The fourth-order valence-electron chi connectivity index (χ4n) is 2.72. The third kappa shape index (κ3) is 5.05. The van der Waals surface area contributed by atoms with Gasteiger partial charge in [0.2, 0.25) is 0 Å². The van der Waals surface area contributed by atoms with Gasteiger partial charge < -0.3 is 18.6 Å². The molecule has 10 nitrogen and oxygen atoms in total. The number of amides is 4. The second-order valence-electron chi connectivity index (χ2n) is 6.19. The van der Waals surface area contributed by atoms with Gasteiger partial charge in [0.05, 0.1) is 30.6 Å². The Bertz CT molecular complexity index is 1060. The lowest BCUT2D eigenvalue weighted by molar-refractivity contribution is -0.143. The van der Waals surface area contributed by atoms with Crippen LogP contribution < -0.4 is 14.8 Å². The highest BCUT2D eigenvalue weighted by Gasteiger charge is 2.36. The van der Waals surface area contributed by atoms with E-state index in [9.17, 15) is 19.2 Å². The molecule has 0 bridgehead atoms. The number of carbonyl (C=O) groups is 4. The third-order valence-corrected chi connectivity index (χ3v) is 5.01. The summed E-state index contributed by atoms with van der Waals surface area (Å²) >= 11 is 1.97. The fraction of sp³-hybridized carbons (Fsp3) is 0.200. The third-order valence-electron chi connectivity index (χ3n) is 4.20. The lowest BCUT2D eigenvalue weighted by Gasteiger charge is -2.25. The van der Waals surface area contributed by atoms with Crippen LogP contribution in [0, 0.1) is 3.57 Å². The van der Waals surface area contributed by atoms with E-state index in [1.54, 1.807) is 18.2 Å². The standard InChI is InChI=1S/C20H17IN2O8/c1-28-15-8-11(7-14(21)17(15)31-10-16(24)29-2)6-13-18(25)22-20(27)23(19(13)26)9-12-4-3-5-30-12/h3-8H,9-10H2,1-2H3,(H,22,25,27)/b13-6+. The van der Waals surface area contributed by atoms with Gasteiger partial charge in [-0.3, -0.25) is 19.8 Å². The van der Waals surface area contributed by atoms with Crippen LogP contribution in [0.25, 0.3) is 6.08 Å². The number of hydrogen-bond acceptors (Lipinski definition) is 8. The Morgan fingerprint density at radius 1 is 1.26 bits per heavy atom. The van der Waals surface area contributed by atoms with Crippen molar-refractivity contribution in [3.8, 4) is 11.5 Å². The number of urea groups is 1. The Hall–Kier alpha value is -3.35. The lowest BCUT2D eigenvalue weighted by atomic mass is 10.1. The first-order valence-corrected chi connectivity index (χ1v) is 9.90. The number of furan rings is 1. The number of halogens is 1. The first-order chi connectivity index (χ1) is 14.8. The zero-order valence-electron chi connectivity index (χ0n) is 16.5. The molecule has 31 heavy (non-hydrogen) atoms. The predicted molar refractivity (Wildman–Crippen MR) is 114 cm³/mol. The number of nitrogens with zero attached hydrogens (tertiary/aromatic N) is 1. The smallest absolute Gasteiger partial charge is 0.343 e. The molecule has 1 aliphatic heterocycles. The van der Waals surface area contributed by atoms with E-state index in [4.69, 9.17) is 13.9 Å². The molecule has 11 heteroatoms. The van der Waals surface area contributed by atoms with E-state index in [0.29, 0.717) is 20.6 Å². The molecule has 3 rings (SSSR count). The molecule has 1 fully saturated rings. The molecule has 2 aromatic rings. The van der Waals surface area contributed by atoms with Gasteiger partial charge in [-0.05, 0) is 58.5 Å². The number of hydrogen-bond donors (Lipinski definition) is 1. The minimum absolute atomic E-state index is 0.122. The summed E-state index contributed by atoms with van der Waals surface area (Å²) in [5.74, 6) is -1.15. The topological polar surface area (TPSA) is 124 Å². The summed E-state index contributed by atoms with van der Waals surface area (Å²) in [5, 5.41) is 2.14. The first-order valence-electron chi connectivity index (χ1n) is 8.82. The van der Waals surface area contributed by atoms with Gasteiger partial charge in [0.15, 0.2) is 18.1 Å². The summed E-state index contributed by atoms with van der Waals surface area (Å²) in [5.41, 5.74) is 0.227. The maximum atomic E-state index is 12.8. The number of imide groups is 2. The number of benzene rings is 1. The SMILES string of the molecule is COC(=O)COc1c(I)cc(/C=C2\C(=O)NC(=O)N(Cc3ccco3)C2=O)cc1OC. The van der Waals surface area contributed by atoms with Crippen LogP contribution in [0.4, 0.5) is 4.79 Å². The molecule has 1 aromatic heterocycles. The van der Waals surface area contributed by atoms with Gasteiger partial charge in [-0.1, -0.05) is 0 Å². The molecule has 4 amide bonds. The summed E-state index contributed by atoms with van der Waals surface area (Å²) in [6.45, 7) is -0.433. The van der Waals surface area contributed by atoms with Crippen LogP contribution in [-0.2, 0) is 25.7 Å². The van der Waals surface area contributed by atoms with Crippen molar-refractivity contribution in [2.24, 2.45) is 0 Å². The van der Waals surface area contributed by atoms with E-state index in [1.165, 1.54) is 32.6 Å². The highest BCUT2D eigenvalue weighted by Crippen LogP contribution is 2.35. The van der Waals surface area contributed by atoms with E-state index in [0.717, 1.165) is 4.90 Å². The molecule has 1 aromatic carbocycles. The van der Waals surface area contributed by atoms with E-state index in [-0.39, 0.29) is 24.5 Å². The maximum Gasteiger partial charge on any atom is 0.343 e. The molecule has 0 radical (unpaired) electrons. The molecule has 162 valence electrons. The Morgan fingerprint density at radius 3 is 2.68 bits per heavy atom. The summed E-state index contributed by atoms with van der Waals surface area (Å²) in [6.07, 6.45) is 2.76. The lowest BCUT2D eigenvalue weighted by Crippen LogP contribution is -2.53. The molecule has 0 saturated carbocycles. The Morgan fingerprint density at radius 2 is 2.03 bits per heavy atom. The summed E-state index contributed by atoms with van der Waals surface area (Å²) < 4.78 is 21.1. The number of nitrogens with one attached hydrogen (secondary N) is 1. The average molecular weight is 540 g/mol. The van der Waals surface area contributed by atoms with Crippen LogP contribution in [-0.4, -0.2) is 49.5 Å². The second-order valence-corrected chi connectivity index (χ2v) is 7.35. The van der Waals surface area contributed by atoms with Crippen LogP contribution in [0.2, 0.25) is 0 Å². The van der Waals surface area contributed by atoms with Gasteiger partial charge in [-0.2, -0.15) is 0 Å². The number of esters is 1. The van der Waals surface area contributed by atoms with Crippen molar-refractivity contribution in [3.05, 3.63) is 51.0 Å². The van der Waals surface area contributed by atoms with Crippen molar-refractivity contribution in [3.63, 3.8) is 0 Å². The fourth-order valence-corrected chi connectivity index (χ4v) is 3.50. The van der Waals surface area contributed by atoms with Gasteiger partial charge in [0.1, 0.15) is 11.3 Å². The summed E-state index contributed by atoms with van der Waals surface area (Å²) in [4.78, 5) is 49.5. The summed E-state index contributed by atoms with van der Waals surface area (Å²) in [7, 11) is 2.66. The normalized spacial score (nSPS) is 15.1. The summed E-state index contributed by atoms with van der Waals surface area (Å²) in [6, 6.07) is 5.58. The number of rotatable bonds is 7. The van der Waals surface area contributed by atoms with Gasteiger partial charge in [-0.25, -0.2) is 9.59 Å². The van der Waals surface area contributed by atoms with E-state index < -0.39 is 23.8 Å². The van der Waals surface area contributed by atoms with Crippen LogP contribution in [0.5, 0.6) is 11.5 Å². The van der Waals surface area contributed by atoms with Crippen molar-refractivity contribution in [2.75, 3.05) is 20.8 Å². The first kappa shape index (κ1) is 22.3. The van der Waals surface area contributed by atoms with Crippen LogP contribution in [0.3, 0.4) is 0 Å². The molecule has 0 unspecified atom stereocenters. The molecule has 1 saturated heterocycles. The zero-order chi connectivity index (χ0) is 22.5. The Balaban J connectivity index is 1.90. The highest BCUT2D eigenvalue weighted by atomic mass is 127. The molecular weight excluding hydrogens is 523 g/mol. The van der Waals surface area contributed by atoms with Crippen molar-refractivity contribution in [2.45, 2.75) is 6.54 Å². The van der Waals surface area contributed by atoms with Gasteiger partial charge in [0, 0.05) is 0 Å². The largest absolute Gasteiger partial charge is 0.493 e. The van der Waals surface area contributed by atoms with Crippen molar-refractivity contribution < 1.29 is 37.8 Å². The maximum absolute atomic E-state index is 12.8. The van der Waals surface area contributed by atoms with E-state index >= 15 is 0 Å². The molecular formula is C20H17IN2O8. The molecule has 2 heterocycles. The van der Waals surface area contributed by atoms with Crippen molar-refractivity contribution >= 4 is 52.5 Å². The number of carbonyl (C=O) groups excluding carboxylic acids is 4. The van der Waals surface area contributed by atoms with E-state index in [2.05, 4.69) is 10.1 Å².